The molecule has 2 rings (SSSR count). The first-order valence-electron chi connectivity index (χ1n) is 6.76. The molecule has 1 aliphatic heterocycles. The number of hydrogen-bond acceptors (Lipinski definition) is 4. The summed E-state index contributed by atoms with van der Waals surface area (Å²) in [4.78, 5) is 24.7. The SMILES string of the molecule is CC(C)n1nccc1NC(=O)CN1CCC(C(=O)O)C1. The average molecular weight is 280 g/mol. The first-order valence-corrected chi connectivity index (χ1v) is 6.76. The molecule has 1 aromatic heterocycles. The summed E-state index contributed by atoms with van der Waals surface area (Å²) in [5, 5.41) is 15.9. The van der Waals surface area contributed by atoms with E-state index in [1.165, 1.54) is 0 Å². The number of amides is 1. The Balaban J connectivity index is 1.87. The van der Waals surface area contributed by atoms with E-state index in [1.807, 2.05) is 18.7 Å². The smallest absolute Gasteiger partial charge is 0.307 e. The molecule has 2 N–H and O–H groups in total. The zero-order valence-corrected chi connectivity index (χ0v) is 11.7. The summed E-state index contributed by atoms with van der Waals surface area (Å²) in [5.41, 5.74) is 0. The van der Waals surface area contributed by atoms with E-state index in [1.54, 1.807) is 16.9 Å². The number of anilines is 1. The van der Waals surface area contributed by atoms with E-state index in [0.29, 0.717) is 25.3 Å². The Bertz CT molecular complexity index is 498. The molecule has 1 unspecified atom stereocenters. The predicted molar refractivity (Wildman–Crippen MR) is 73.4 cm³/mol. The molecule has 7 nitrogen and oxygen atoms in total. The van der Waals surface area contributed by atoms with E-state index in [2.05, 4.69) is 10.4 Å². The van der Waals surface area contributed by atoms with E-state index >= 15 is 0 Å². The number of carbonyl (C=O) groups is 2. The van der Waals surface area contributed by atoms with Crippen LogP contribution >= 0.6 is 0 Å². The summed E-state index contributed by atoms with van der Waals surface area (Å²) in [6, 6.07) is 1.92. The maximum absolute atomic E-state index is 12.0. The number of carboxylic acids is 1. The molecule has 20 heavy (non-hydrogen) atoms. The van der Waals surface area contributed by atoms with E-state index < -0.39 is 5.97 Å². The van der Waals surface area contributed by atoms with Crippen LogP contribution in [-0.4, -0.2) is 51.3 Å². The van der Waals surface area contributed by atoms with Crippen molar-refractivity contribution in [2.75, 3.05) is 25.0 Å². The van der Waals surface area contributed by atoms with Crippen LogP contribution in [0.1, 0.15) is 26.3 Å². The van der Waals surface area contributed by atoms with Crippen molar-refractivity contribution < 1.29 is 14.7 Å². The molecule has 0 radical (unpaired) electrons. The normalized spacial score (nSPS) is 19.4. The molecule has 0 spiro atoms. The number of nitrogens with one attached hydrogen (secondary N) is 1. The summed E-state index contributed by atoms with van der Waals surface area (Å²) in [6.45, 7) is 5.27. The fraction of sp³-hybridized carbons (Fsp3) is 0.615. The maximum Gasteiger partial charge on any atom is 0.307 e. The molecular weight excluding hydrogens is 260 g/mol. The fourth-order valence-electron chi connectivity index (χ4n) is 2.39. The quantitative estimate of drug-likeness (QED) is 0.833. The van der Waals surface area contributed by atoms with Crippen LogP contribution in [0.2, 0.25) is 0 Å². The summed E-state index contributed by atoms with van der Waals surface area (Å²) in [5.74, 6) is -0.618. The van der Waals surface area contributed by atoms with E-state index in [9.17, 15) is 9.59 Å². The molecule has 1 aromatic rings. The number of rotatable bonds is 5. The van der Waals surface area contributed by atoms with Crippen molar-refractivity contribution in [3.63, 3.8) is 0 Å². The molecule has 1 fully saturated rings. The number of hydrogen-bond donors (Lipinski definition) is 2. The highest BCUT2D eigenvalue weighted by Crippen LogP contribution is 2.17. The number of nitrogens with zero attached hydrogens (tertiary/aromatic N) is 3. The van der Waals surface area contributed by atoms with Crippen LogP contribution in [0.4, 0.5) is 5.82 Å². The van der Waals surface area contributed by atoms with E-state index in [0.717, 1.165) is 0 Å². The first kappa shape index (κ1) is 14.5. The summed E-state index contributed by atoms with van der Waals surface area (Å²) in [7, 11) is 0. The van der Waals surface area contributed by atoms with E-state index in [4.69, 9.17) is 5.11 Å². The van der Waals surface area contributed by atoms with Gasteiger partial charge in [-0.15, -0.1) is 0 Å². The lowest BCUT2D eigenvalue weighted by Gasteiger charge is -2.16. The second-order valence-corrected chi connectivity index (χ2v) is 5.36. The lowest BCUT2D eigenvalue weighted by atomic mass is 10.1. The molecule has 1 aliphatic rings. The molecule has 7 heteroatoms. The van der Waals surface area contributed by atoms with Crippen LogP contribution in [-0.2, 0) is 9.59 Å². The van der Waals surface area contributed by atoms with Crippen molar-refractivity contribution in [1.29, 1.82) is 0 Å². The summed E-state index contributed by atoms with van der Waals surface area (Å²) < 4.78 is 1.74. The van der Waals surface area contributed by atoms with Crippen LogP contribution in [0.25, 0.3) is 0 Å². The number of carboxylic acid groups (broad SMARTS) is 1. The van der Waals surface area contributed by atoms with Crippen LogP contribution in [0.3, 0.4) is 0 Å². The second-order valence-electron chi connectivity index (χ2n) is 5.36. The van der Waals surface area contributed by atoms with Crippen molar-refractivity contribution >= 4 is 17.7 Å². The average Bonchev–Trinajstić information content (AvgIpc) is 2.97. The minimum atomic E-state index is -0.786. The second kappa shape index (κ2) is 6.04. The Hall–Kier alpha value is -1.89. The van der Waals surface area contributed by atoms with Gasteiger partial charge in [0, 0.05) is 18.7 Å². The molecular formula is C13H20N4O3. The van der Waals surface area contributed by atoms with Crippen molar-refractivity contribution in [3.8, 4) is 0 Å². The highest BCUT2D eigenvalue weighted by Gasteiger charge is 2.29. The zero-order chi connectivity index (χ0) is 14.7. The van der Waals surface area contributed by atoms with Gasteiger partial charge in [-0.25, -0.2) is 4.68 Å². The van der Waals surface area contributed by atoms with Crippen molar-refractivity contribution in [1.82, 2.24) is 14.7 Å². The zero-order valence-electron chi connectivity index (χ0n) is 11.7. The van der Waals surface area contributed by atoms with Crippen molar-refractivity contribution in [3.05, 3.63) is 12.3 Å². The molecule has 110 valence electrons. The number of likely N-dealkylation sites (tertiary alicyclic amines) is 1. The van der Waals surface area contributed by atoms with Crippen molar-refractivity contribution in [2.45, 2.75) is 26.3 Å². The summed E-state index contributed by atoms with van der Waals surface area (Å²) in [6.07, 6.45) is 2.25. The standard InChI is InChI=1S/C13H20N4O3/c1-9(2)17-11(3-5-14-17)15-12(18)8-16-6-4-10(7-16)13(19)20/h3,5,9-10H,4,6-8H2,1-2H3,(H,15,18)(H,19,20). The lowest BCUT2D eigenvalue weighted by Crippen LogP contribution is -2.33. The fourth-order valence-corrected chi connectivity index (χ4v) is 2.39. The molecule has 0 aromatic carbocycles. The van der Waals surface area contributed by atoms with Crippen LogP contribution < -0.4 is 5.32 Å². The van der Waals surface area contributed by atoms with Gasteiger partial charge in [0.1, 0.15) is 5.82 Å². The third kappa shape index (κ3) is 3.36. The Labute approximate surface area is 117 Å². The monoisotopic (exact) mass is 280 g/mol. The van der Waals surface area contributed by atoms with Gasteiger partial charge in [0.05, 0.1) is 18.7 Å². The Morgan fingerprint density at radius 2 is 2.30 bits per heavy atom. The van der Waals surface area contributed by atoms with Gasteiger partial charge in [0.25, 0.3) is 0 Å². The molecule has 1 saturated heterocycles. The van der Waals surface area contributed by atoms with E-state index in [-0.39, 0.29) is 24.4 Å². The van der Waals surface area contributed by atoms with Gasteiger partial charge >= 0.3 is 5.97 Å². The van der Waals surface area contributed by atoms with Gasteiger partial charge in [0.15, 0.2) is 0 Å². The third-order valence-corrected chi connectivity index (χ3v) is 3.42. The molecule has 2 heterocycles. The van der Waals surface area contributed by atoms with Crippen LogP contribution in [0, 0.1) is 5.92 Å². The van der Waals surface area contributed by atoms with Gasteiger partial charge in [-0.05, 0) is 26.8 Å². The largest absolute Gasteiger partial charge is 0.481 e. The molecule has 1 amide bonds. The highest BCUT2D eigenvalue weighted by molar-refractivity contribution is 5.91. The van der Waals surface area contributed by atoms with Crippen LogP contribution in [0.15, 0.2) is 12.3 Å². The van der Waals surface area contributed by atoms with Crippen molar-refractivity contribution in [2.24, 2.45) is 5.92 Å². The predicted octanol–water partition coefficient (Wildman–Crippen LogP) is 0.809. The van der Waals surface area contributed by atoms with Gasteiger partial charge in [-0.2, -0.15) is 5.10 Å². The number of carbonyl (C=O) groups excluding carboxylic acids is 1. The number of aromatic nitrogens is 2. The minimum Gasteiger partial charge on any atom is -0.481 e. The highest BCUT2D eigenvalue weighted by atomic mass is 16.4. The van der Waals surface area contributed by atoms with Gasteiger partial charge in [-0.1, -0.05) is 0 Å². The topological polar surface area (TPSA) is 87.5 Å². The molecule has 0 bridgehead atoms. The number of aliphatic carboxylic acids is 1. The molecule has 0 aliphatic carbocycles. The van der Waals surface area contributed by atoms with Gasteiger partial charge in [0.2, 0.25) is 5.91 Å². The maximum atomic E-state index is 12.0. The third-order valence-electron chi connectivity index (χ3n) is 3.42. The Morgan fingerprint density at radius 3 is 2.90 bits per heavy atom. The first-order chi connectivity index (χ1) is 9.47. The Morgan fingerprint density at radius 1 is 1.55 bits per heavy atom. The van der Waals surface area contributed by atoms with Crippen LogP contribution in [0.5, 0.6) is 0 Å². The van der Waals surface area contributed by atoms with Gasteiger partial charge in [-0.3, -0.25) is 14.5 Å². The lowest BCUT2D eigenvalue weighted by molar-refractivity contribution is -0.141. The molecule has 1 atom stereocenters. The summed E-state index contributed by atoms with van der Waals surface area (Å²) >= 11 is 0. The van der Waals surface area contributed by atoms with Gasteiger partial charge < -0.3 is 10.4 Å². The Kier molecular flexibility index (Phi) is 4.39. The molecule has 0 saturated carbocycles. The minimum absolute atomic E-state index is 0.140.